The quantitative estimate of drug-likeness (QED) is 0.149. The molecule has 0 aromatic heterocycles. The third-order valence-corrected chi connectivity index (χ3v) is 27.1. The first-order valence-corrected chi connectivity index (χ1v) is 27.4. The van der Waals surface area contributed by atoms with Crippen molar-refractivity contribution in [2.45, 2.75) is 52.4 Å². The average Bonchev–Trinajstić information content (AvgIpc) is 3.50. The molecule has 0 radical (unpaired) electrons. The van der Waals surface area contributed by atoms with E-state index in [4.69, 9.17) is 17.2 Å². The molecule has 34 heavy (non-hydrogen) atoms. The molecule has 4 aromatic carbocycles. The van der Waals surface area contributed by atoms with Crippen LogP contribution in [0, 0.1) is 0 Å². The second-order valence-electron chi connectivity index (χ2n) is 10.2. The van der Waals surface area contributed by atoms with Crippen LogP contribution in [0.3, 0.4) is 0 Å². The van der Waals surface area contributed by atoms with E-state index in [0.717, 1.165) is 0 Å². The third-order valence-electron chi connectivity index (χ3n) is 5.37. The van der Waals surface area contributed by atoms with Crippen LogP contribution < -0.4 is 10.4 Å². The van der Waals surface area contributed by atoms with Crippen LogP contribution in [0.2, 0.25) is 0 Å². The van der Waals surface area contributed by atoms with Gasteiger partial charge in [-0.25, -0.2) is 12.1 Å². The Bertz CT molecular complexity index is 1010. The van der Waals surface area contributed by atoms with Gasteiger partial charge in [0.2, 0.25) is 0 Å². The van der Waals surface area contributed by atoms with Gasteiger partial charge in [0, 0.05) is 0 Å². The second-order valence-corrected chi connectivity index (χ2v) is 36.4. The summed E-state index contributed by atoms with van der Waals surface area (Å²) in [4.78, 5) is 0. The number of rotatable bonds is 2. The molecule has 0 unspecified atom stereocenters. The molecular formula is C30H36Cl2HfSi-2. The molecule has 0 saturated carbocycles. The van der Waals surface area contributed by atoms with E-state index >= 15 is 0 Å². The van der Waals surface area contributed by atoms with Crippen LogP contribution in [0.5, 0.6) is 0 Å². The van der Waals surface area contributed by atoms with Crippen LogP contribution in [0.1, 0.15) is 52.7 Å². The van der Waals surface area contributed by atoms with Crippen molar-refractivity contribution in [2.75, 3.05) is 0 Å². The molecule has 0 N–H and O–H groups in total. The van der Waals surface area contributed by atoms with E-state index in [9.17, 15) is 0 Å². The van der Waals surface area contributed by atoms with E-state index in [2.05, 4.69) is 139 Å². The minimum absolute atomic E-state index is 0.323. The van der Waals surface area contributed by atoms with Crippen LogP contribution in [0.4, 0.5) is 0 Å². The Morgan fingerprint density at radius 3 is 1.15 bits per heavy atom. The molecule has 4 rings (SSSR count). The van der Waals surface area contributed by atoms with Gasteiger partial charge < -0.3 is 0 Å². The normalized spacial score (nSPS) is 10.9. The van der Waals surface area contributed by atoms with E-state index in [-0.39, 0.29) is 0 Å². The SMILES string of the molecule is CC(C)(C)c1cc[cH-]c1.CC(C)(C)c1cc[cH-]c1.[Cl][Hf]([Cl])=[Si](c1ccccc1)c1ccccc1. The topological polar surface area (TPSA) is 0 Å². The Morgan fingerprint density at radius 2 is 0.941 bits per heavy atom. The summed E-state index contributed by atoms with van der Waals surface area (Å²) in [5.74, 6) is 0. The summed E-state index contributed by atoms with van der Waals surface area (Å²) in [7, 11) is 12.7. The molecule has 0 heterocycles. The van der Waals surface area contributed by atoms with Crippen molar-refractivity contribution in [3.63, 3.8) is 0 Å². The zero-order valence-electron chi connectivity index (χ0n) is 21.1. The number of hydrogen-bond acceptors (Lipinski definition) is 0. The summed E-state index contributed by atoms with van der Waals surface area (Å²) >= 11 is -2.41. The second kappa shape index (κ2) is 13.8. The summed E-state index contributed by atoms with van der Waals surface area (Å²) in [5.41, 5.74) is 2.61. The van der Waals surface area contributed by atoms with Crippen LogP contribution in [0.15, 0.2) is 109 Å². The van der Waals surface area contributed by atoms with Gasteiger partial charge in [0.1, 0.15) is 0 Å². The molecule has 0 nitrogen and oxygen atoms in total. The van der Waals surface area contributed by atoms with Gasteiger partial charge in [-0.15, -0.1) is 0 Å². The first kappa shape index (κ1) is 29.0. The van der Waals surface area contributed by atoms with Gasteiger partial charge in [-0.3, -0.25) is 0 Å². The average molecular weight is 674 g/mol. The molecule has 4 aromatic rings. The predicted octanol–water partition coefficient (Wildman–Crippen LogP) is 8.12. The van der Waals surface area contributed by atoms with Gasteiger partial charge in [0.25, 0.3) is 0 Å². The van der Waals surface area contributed by atoms with Gasteiger partial charge in [0.05, 0.1) is 0 Å². The van der Waals surface area contributed by atoms with Crippen molar-refractivity contribution >= 4 is 33.0 Å². The first-order valence-electron chi connectivity index (χ1n) is 11.6. The monoisotopic (exact) mass is 674 g/mol. The minimum atomic E-state index is -2.41. The molecule has 0 bridgehead atoms. The number of benzene rings is 2. The van der Waals surface area contributed by atoms with E-state index in [0.29, 0.717) is 10.8 Å². The maximum absolute atomic E-state index is 6.34. The molecule has 0 atom stereocenters. The Hall–Kier alpha value is -1.19. The van der Waals surface area contributed by atoms with Crippen LogP contribution in [0.25, 0.3) is 0 Å². The summed E-state index contributed by atoms with van der Waals surface area (Å²) in [6.45, 7) is 13.3. The Kier molecular flexibility index (Phi) is 11.8. The maximum atomic E-state index is 6.34. The fourth-order valence-corrected chi connectivity index (χ4v) is 24.2. The summed E-state index contributed by atoms with van der Waals surface area (Å²) in [5, 5.41) is 2.68. The van der Waals surface area contributed by atoms with E-state index in [1.165, 1.54) is 21.5 Å². The van der Waals surface area contributed by atoms with E-state index in [1.807, 2.05) is 12.1 Å². The molecule has 0 aliphatic heterocycles. The van der Waals surface area contributed by atoms with Gasteiger partial charge in [-0.1, -0.05) is 52.4 Å². The third kappa shape index (κ3) is 9.82. The zero-order chi connectivity index (χ0) is 25.2. The van der Waals surface area contributed by atoms with Crippen LogP contribution >= 0.6 is 17.2 Å². The molecule has 0 aliphatic rings. The first-order chi connectivity index (χ1) is 16.0. The van der Waals surface area contributed by atoms with Gasteiger partial charge in [0.15, 0.2) is 0 Å². The van der Waals surface area contributed by atoms with Crippen molar-refractivity contribution in [3.05, 3.63) is 120 Å². The van der Waals surface area contributed by atoms with Crippen LogP contribution in [-0.2, 0) is 28.5 Å². The molecule has 180 valence electrons. The number of halogens is 2. The van der Waals surface area contributed by atoms with Crippen LogP contribution in [-0.4, -0.2) is 5.49 Å². The Balaban J connectivity index is 0.000000194. The van der Waals surface area contributed by atoms with E-state index < -0.39 is 23.2 Å². The van der Waals surface area contributed by atoms with Gasteiger partial charge in [-0.05, 0) is 0 Å². The fraction of sp³-hybridized carbons (Fsp3) is 0.267. The standard InChI is InChI=1S/C12H10Si.2C9H13.2ClH.Hf/c1-3-7-11(8-4-1)13-12-9-5-2-6-10-12;2*1-9(2,3)8-6-4-5-7-8;;;/h1-10H;2*4-7H,1-3H3;2*1H;/q;2*-1;;;+2/p-2. The molecule has 0 amide bonds. The zero-order valence-corrected chi connectivity index (χ0v) is 27.3. The summed E-state index contributed by atoms with van der Waals surface area (Å²) < 4.78 is 0. The van der Waals surface area contributed by atoms with Gasteiger partial charge >= 0.3 is 111 Å². The van der Waals surface area contributed by atoms with E-state index in [1.54, 1.807) is 0 Å². The van der Waals surface area contributed by atoms with Gasteiger partial charge in [-0.2, -0.15) is 47.5 Å². The van der Waals surface area contributed by atoms with Crippen molar-refractivity contribution in [3.8, 4) is 0 Å². The molecule has 4 heteroatoms. The van der Waals surface area contributed by atoms with Crippen molar-refractivity contribution in [2.24, 2.45) is 0 Å². The Labute approximate surface area is 221 Å². The van der Waals surface area contributed by atoms with Crippen molar-refractivity contribution in [1.29, 1.82) is 0 Å². The van der Waals surface area contributed by atoms with Crippen molar-refractivity contribution < 1.29 is 17.7 Å². The molecule has 0 saturated heterocycles. The fourth-order valence-electron chi connectivity index (χ4n) is 3.34. The number of hydrogen-bond donors (Lipinski definition) is 0. The van der Waals surface area contributed by atoms with Crippen molar-refractivity contribution in [1.82, 2.24) is 0 Å². The molecule has 0 spiro atoms. The summed E-state index contributed by atoms with van der Waals surface area (Å²) in [6, 6.07) is 37.9. The molecule has 0 aliphatic carbocycles. The molecule has 0 fully saturated rings. The molecular weight excluding hydrogens is 638 g/mol. The Morgan fingerprint density at radius 1 is 0.588 bits per heavy atom. The predicted molar refractivity (Wildman–Crippen MR) is 151 cm³/mol. The summed E-state index contributed by atoms with van der Waals surface area (Å²) in [6.07, 6.45) is 0.